The van der Waals surface area contributed by atoms with Gasteiger partial charge in [-0.3, -0.25) is 4.79 Å². The normalized spacial score (nSPS) is 6.43. The van der Waals surface area contributed by atoms with Crippen molar-refractivity contribution >= 4 is 47.1 Å². The van der Waals surface area contributed by atoms with E-state index < -0.39 is 5.91 Å². The first kappa shape index (κ1) is 10.5. The van der Waals surface area contributed by atoms with E-state index in [1.165, 1.54) is 0 Å². The maximum absolute atomic E-state index is 9.69. The van der Waals surface area contributed by atoms with Gasteiger partial charge in [0.25, 0.3) is 5.91 Å². The number of hydrogen-bond acceptors (Lipinski definition) is 1. The minimum atomic E-state index is -0.670. The van der Waals surface area contributed by atoms with Crippen molar-refractivity contribution in [2.24, 2.45) is 5.73 Å². The van der Waals surface area contributed by atoms with E-state index in [4.69, 9.17) is 11.6 Å². The summed E-state index contributed by atoms with van der Waals surface area (Å²) in [5.41, 5.74) is 4.56. The van der Waals surface area contributed by atoms with Crippen LogP contribution in [0.5, 0.6) is 0 Å². The number of halogens is 1. The quantitative estimate of drug-likeness (QED) is 0.387. The number of primary amides is 1. The smallest absolute Gasteiger partial charge is 0.259 e. The standard InChI is InChI=1S/C3H4ClNO.Na/c1-2(4)3(5)6;/h1H2,(H2,5,6);. The van der Waals surface area contributed by atoms with Crippen molar-refractivity contribution in [2.45, 2.75) is 0 Å². The average molecular weight is 129 g/mol. The van der Waals surface area contributed by atoms with Crippen molar-refractivity contribution in [3.05, 3.63) is 11.6 Å². The fourth-order valence-corrected chi connectivity index (χ4v) is 0. The second kappa shape index (κ2) is 4.65. The molecule has 0 aromatic rings. The van der Waals surface area contributed by atoms with Gasteiger partial charge in [0.2, 0.25) is 0 Å². The summed E-state index contributed by atoms with van der Waals surface area (Å²) in [6.07, 6.45) is 0. The van der Waals surface area contributed by atoms with E-state index in [-0.39, 0.29) is 34.6 Å². The molecule has 0 rings (SSSR count). The summed E-state index contributed by atoms with van der Waals surface area (Å²) in [5, 5.41) is -0.130. The van der Waals surface area contributed by atoms with Crippen molar-refractivity contribution in [1.82, 2.24) is 0 Å². The molecule has 0 aliphatic rings. The molecule has 0 aromatic heterocycles. The Balaban J connectivity index is 0. The largest absolute Gasteiger partial charge is 0.365 e. The molecule has 0 saturated carbocycles. The van der Waals surface area contributed by atoms with Crippen LogP contribution in [0.2, 0.25) is 0 Å². The maximum atomic E-state index is 9.69. The molecule has 0 saturated heterocycles. The van der Waals surface area contributed by atoms with Gasteiger partial charge in [0.1, 0.15) is 0 Å². The molecule has 7 heavy (non-hydrogen) atoms. The molecule has 0 heterocycles. The summed E-state index contributed by atoms with van der Waals surface area (Å²) in [7, 11) is 0. The fourth-order valence-electron chi connectivity index (χ4n) is 0. The first-order valence-electron chi connectivity index (χ1n) is 1.29. The molecule has 1 amide bonds. The number of hydrogen-bond donors (Lipinski definition) is 1. The molecular weight excluding hydrogens is 124 g/mol. The Morgan fingerprint density at radius 2 is 1.86 bits per heavy atom. The zero-order valence-electron chi connectivity index (χ0n) is 4.07. The predicted octanol–water partition coefficient (Wildman–Crippen LogP) is -0.157. The molecule has 35 valence electrons. The third kappa shape index (κ3) is 6.50. The van der Waals surface area contributed by atoms with Gasteiger partial charge in [-0.05, 0) is 0 Å². The Bertz CT molecular complexity index is 80.9. The Kier molecular flexibility index (Phi) is 6.96. The molecule has 0 aliphatic carbocycles. The fraction of sp³-hybridized carbons (Fsp3) is 0. The van der Waals surface area contributed by atoms with Gasteiger partial charge in [-0.1, -0.05) is 18.2 Å². The van der Waals surface area contributed by atoms with E-state index in [0.29, 0.717) is 0 Å². The van der Waals surface area contributed by atoms with Gasteiger partial charge in [-0.15, -0.1) is 0 Å². The third-order valence-corrected chi connectivity index (χ3v) is 0.454. The molecule has 0 spiro atoms. The summed E-state index contributed by atoms with van der Waals surface area (Å²) in [6.45, 7) is 3.05. The van der Waals surface area contributed by atoms with Crippen LogP contribution < -0.4 is 5.73 Å². The molecule has 2 N–H and O–H groups in total. The number of carbonyl (C=O) groups excluding carboxylic acids is 1. The van der Waals surface area contributed by atoms with E-state index in [1.54, 1.807) is 0 Å². The minimum Gasteiger partial charge on any atom is -0.365 e. The van der Waals surface area contributed by atoms with Crippen LogP contribution in [0.15, 0.2) is 11.6 Å². The molecule has 0 unspecified atom stereocenters. The monoisotopic (exact) mass is 128 g/mol. The van der Waals surface area contributed by atoms with Crippen LogP contribution >= 0.6 is 11.6 Å². The zero-order valence-corrected chi connectivity index (χ0v) is 6.83. The summed E-state index contributed by atoms with van der Waals surface area (Å²) >= 11 is 4.94. The van der Waals surface area contributed by atoms with Crippen molar-refractivity contribution in [3.8, 4) is 0 Å². The van der Waals surface area contributed by atoms with E-state index in [0.717, 1.165) is 0 Å². The van der Waals surface area contributed by atoms with Gasteiger partial charge >= 0.3 is 0 Å². The molecule has 0 aromatic carbocycles. The summed E-state index contributed by atoms with van der Waals surface area (Å²) in [5.74, 6) is -0.670. The third-order valence-electron chi connectivity index (χ3n) is 0.267. The minimum absolute atomic E-state index is 0. The van der Waals surface area contributed by atoms with Crippen LogP contribution in [0, 0.1) is 0 Å². The first-order chi connectivity index (χ1) is 2.64. The number of carbonyl (C=O) groups is 1. The summed E-state index contributed by atoms with van der Waals surface area (Å²) < 4.78 is 0. The molecule has 0 bridgehead atoms. The van der Waals surface area contributed by atoms with Crippen molar-refractivity contribution in [3.63, 3.8) is 0 Å². The van der Waals surface area contributed by atoms with Gasteiger partial charge in [-0.25, -0.2) is 0 Å². The Hall–Kier alpha value is 0.500. The number of amides is 1. The SMILES string of the molecule is C=C(Cl)C(N)=O.[Na]. The second-order valence-corrected chi connectivity index (χ2v) is 1.23. The predicted molar refractivity (Wildman–Crippen MR) is 29.9 cm³/mol. The molecule has 2 nitrogen and oxygen atoms in total. The van der Waals surface area contributed by atoms with Gasteiger partial charge < -0.3 is 5.73 Å². The van der Waals surface area contributed by atoms with E-state index >= 15 is 0 Å². The number of nitrogens with two attached hydrogens (primary N) is 1. The van der Waals surface area contributed by atoms with Crippen LogP contribution in [-0.2, 0) is 4.79 Å². The average Bonchev–Trinajstić information content (AvgIpc) is 1.36. The number of rotatable bonds is 1. The summed E-state index contributed by atoms with van der Waals surface area (Å²) in [6, 6.07) is 0. The van der Waals surface area contributed by atoms with Crippen LogP contribution in [-0.4, -0.2) is 35.5 Å². The summed E-state index contributed by atoms with van der Waals surface area (Å²) in [4.78, 5) is 9.69. The molecular formula is C3H4ClNNaO. The van der Waals surface area contributed by atoms with E-state index in [2.05, 4.69) is 12.3 Å². The van der Waals surface area contributed by atoms with Crippen LogP contribution in [0.4, 0.5) is 0 Å². The van der Waals surface area contributed by atoms with Gasteiger partial charge in [0.15, 0.2) is 0 Å². The Morgan fingerprint density at radius 3 is 1.86 bits per heavy atom. The first-order valence-corrected chi connectivity index (χ1v) is 1.66. The van der Waals surface area contributed by atoms with Crippen molar-refractivity contribution in [2.75, 3.05) is 0 Å². The van der Waals surface area contributed by atoms with Crippen molar-refractivity contribution < 1.29 is 4.79 Å². The van der Waals surface area contributed by atoms with Crippen molar-refractivity contribution in [1.29, 1.82) is 0 Å². The van der Waals surface area contributed by atoms with Gasteiger partial charge in [0, 0.05) is 29.6 Å². The van der Waals surface area contributed by atoms with E-state index in [9.17, 15) is 4.79 Å². The zero-order chi connectivity index (χ0) is 5.15. The Labute approximate surface area is 69.0 Å². The van der Waals surface area contributed by atoms with E-state index in [1.807, 2.05) is 0 Å². The maximum Gasteiger partial charge on any atom is 0.259 e. The van der Waals surface area contributed by atoms with Gasteiger partial charge in [-0.2, -0.15) is 0 Å². The second-order valence-electron chi connectivity index (χ2n) is 0.769. The molecule has 0 atom stereocenters. The molecule has 0 aliphatic heterocycles. The molecule has 1 radical (unpaired) electrons. The Morgan fingerprint density at radius 1 is 1.71 bits per heavy atom. The van der Waals surface area contributed by atoms with Crippen LogP contribution in [0.25, 0.3) is 0 Å². The van der Waals surface area contributed by atoms with Crippen LogP contribution in [0.3, 0.4) is 0 Å². The van der Waals surface area contributed by atoms with Gasteiger partial charge in [0.05, 0.1) is 5.03 Å². The molecule has 4 heteroatoms. The van der Waals surface area contributed by atoms with Crippen LogP contribution in [0.1, 0.15) is 0 Å². The topological polar surface area (TPSA) is 43.1 Å². The molecule has 0 fully saturated rings.